The molecule has 1 saturated heterocycles. The van der Waals surface area contributed by atoms with Crippen molar-refractivity contribution in [3.8, 4) is 0 Å². The molecule has 7 heteroatoms. The van der Waals surface area contributed by atoms with E-state index in [9.17, 15) is 9.18 Å². The summed E-state index contributed by atoms with van der Waals surface area (Å²) in [6.07, 6.45) is 1.87. The predicted molar refractivity (Wildman–Crippen MR) is 65.3 cm³/mol. The van der Waals surface area contributed by atoms with Gasteiger partial charge in [-0.25, -0.2) is 9.18 Å². The lowest BCUT2D eigenvalue weighted by Gasteiger charge is -2.32. The number of hydrogen-bond donors (Lipinski definition) is 1. The first-order valence-electron chi connectivity index (χ1n) is 6.04. The largest absolute Gasteiger partial charge is 0.446 e. The van der Waals surface area contributed by atoms with E-state index in [0.717, 1.165) is 11.3 Å². The van der Waals surface area contributed by atoms with Gasteiger partial charge in [-0.2, -0.15) is 5.10 Å². The number of ether oxygens (including phenoxy) is 1. The summed E-state index contributed by atoms with van der Waals surface area (Å²) in [6, 6.07) is 3.69. The SMILES string of the molecule is O=C1OCC(F)CN1C1CC(c2ccncc2)=NN1. The van der Waals surface area contributed by atoms with Crippen molar-refractivity contribution in [1.82, 2.24) is 15.3 Å². The Morgan fingerprint density at radius 1 is 1.42 bits per heavy atom. The van der Waals surface area contributed by atoms with Crippen LogP contribution in [0.3, 0.4) is 0 Å². The number of pyridine rings is 1. The van der Waals surface area contributed by atoms with Crippen molar-refractivity contribution in [3.63, 3.8) is 0 Å². The molecule has 2 unspecified atom stereocenters. The third kappa shape index (κ3) is 2.35. The van der Waals surface area contributed by atoms with Crippen LogP contribution in [-0.4, -0.2) is 47.2 Å². The van der Waals surface area contributed by atoms with E-state index < -0.39 is 12.3 Å². The molecular formula is C12H13FN4O2. The number of alkyl halides is 1. The monoisotopic (exact) mass is 264 g/mol. The maximum atomic E-state index is 13.3. The number of hydrazone groups is 1. The number of amides is 1. The predicted octanol–water partition coefficient (Wildman–Crippen LogP) is 0.895. The van der Waals surface area contributed by atoms with Gasteiger partial charge in [0.05, 0.1) is 12.3 Å². The van der Waals surface area contributed by atoms with Gasteiger partial charge in [0.25, 0.3) is 0 Å². The van der Waals surface area contributed by atoms with Crippen molar-refractivity contribution in [3.05, 3.63) is 30.1 Å². The van der Waals surface area contributed by atoms with E-state index in [-0.39, 0.29) is 19.3 Å². The molecule has 3 heterocycles. The maximum absolute atomic E-state index is 13.3. The molecule has 3 rings (SSSR count). The van der Waals surface area contributed by atoms with E-state index in [4.69, 9.17) is 4.74 Å². The number of carbonyl (C=O) groups excluding carboxylic acids is 1. The molecule has 0 saturated carbocycles. The number of halogens is 1. The molecule has 0 spiro atoms. The summed E-state index contributed by atoms with van der Waals surface area (Å²) in [4.78, 5) is 16.9. The Morgan fingerprint density at radius 2 is 2.21 bits per heavy atom. The minimum Gasteiger partial charge on any atom is -0.446 e. The zero-order chi connectivity index (χ0) is 13.2. The summed E-state index contributed by atoms with van der Waals surface area (Å²) >= 11 is 0. The van der Waals surface area contributed by atoms with E-state index in [1.807, 2.05) is 12.1 Å². The summed E-state index contributed by atoms with van der Waals surface area (Å²) in [7, 11) is 0. The molecule has 0 aromatic carbocycles. The molecule has 0 aliphatic carbocycles. The minimum atomic E-state index is -1.15. The van der Waals surface area contributed by atoms with Crippen LogP contribution in [0.2, 0.25) is 0 Å². The van der Waals surface area contributed by atoms with E-state index in [2.05, 4.69) is 15.5 Å². The Hall–Kier alpha value is -2.18. The van der Waals surface area contributed by atoms with E-state index in [1.165, 1.54) is 4.90 Å². The fourth-order valence-corrected chi connectivity index (χ4v) is 2.17. The van der Waals surface area contributed by atoms with Crippen LogP contribution in [0.4, 0.5) is 9.18 Å². The second-order valence-electron chi connectivity index (χ2n) is 4.47. The van der Waals surface area contributed by atoms with Gasteiger partial charge in [0, 0.05) is 24.4 Å². The number of hydrogen-bond acceptors (Lipinski definition) is 5. The van der Waals surface area contributed by atoms with Gasteiger partial charge in [-0.05, 0) is 12.1 Å². The van der Waals surface area contributed by atoms with Crippen molar-refractivity contribution in [2.45, 2.75) is 18.8 Å². The van der Waals surface area contributed by atoms with Gasteiger partial charge in [0.15, 0.2) is 6.17 Å². The second kappa shape index (κ2) is 4.83. The zero-order valence-corrected chi connectivity index (χ0v) is 10.1. The third-order valence-electron chi connectivity index (χ3n) is 3.14. The van der Waals surface area contributed by atoms with Gasteiger partial charge in [0.1, 0.15) is 12.8 Å². The Morgan fingerprint density at radius 3 is 3.00 bits per heavy atom. The summed E-state index contributed by atoms with van der Waals surface area (Å²) in [5.74, 6) is 0. The van der Waals surface area contributed by atoms with Gasteiger partial charge in [-0.3, -0.25) is 15.3 Å². The molecule has 1 aromatic heterocycles. The van der Waals surface area contributed by atoms with Gasteiger partial charge in [0.2, 0.25) is 0 Å². The number of nitrogens with zero attached hydrogens (tertiary/aromatic N) is 3. The Kier molecular flexibility index (Phi) is 3.02. The van der Waals surface area contributed by atoms with Crippen LogP contribution in [0.15, 0.2) is 29.6 Å². The fraction of sp³-hybridized carbons (Fsp3) is 0.417. The highest BCUT2D eigenvalue weighted by molar-refractivity contribution is 6.01. The normalized spacial score (nSPS) is 26.7. The lowest BCUT2D eigenvalue weighted by atomic mass is 10.1. The third-order valence-corrected chi connectivity index (χ3v) is 3.14. The molecule has 100 valence electrons. The van der Waals surface area contributed by atoms with Crippen molar-refractivity contribution in [2.75, 3.05) is 13.2 Å². The number of rotatable bonds is 2. The minimum absolute atomic E-state index is 0.0373. The molecule has 6 nitrogen and oxygen atoms in total. The second-order valence-corrected chi connectivity index (χ2v) is 4.47. The topological polar surface area (TPSA) is 66.8 Å². The standard InChI is InChI=1S/C12H13FN4O2/c13-9-6-17(12(18)19-7-9)11-5-10(15-16-11)8-1-3-14-4-2-8/h1-4,9,11,16H,5-7H2. The highest BCUT2D eigenvalue weighted by atomic mass is 19.1. The number of carbonyl (C=O) groups is 1. The van der Waals surface area contributed by atoms with E-state index >= 15 is 0 Å². The van der Waals surface area contributed by atoms with Gasteiger partial charge < -0.3 is 4.74 Å². The number of nitrogens with one attached hydrogen (secondary N) is 1. The highest BCUT2D eigenvalue weighted by Gasteiger charge is 2.35. The molecule has 2 aliphatic rings. The maximum Gasteiger partial charge on any atom is 0.411 e. The number of aromatic nitrogens is 1. The van der Waals surface area contributed by atoms with Crippen LogP contribution < -0.4 is 5.43 Å². The summed E-state index contributed by atoms with van der Waals surface area (Å²) in [5.41, 5.74) is 4.61. The fourth-order valence-electron chi connectivity index (χ4n) is 2.17. The Bertz CT molecular complexity index is 508. The summed E-state index contributed by atoms with van der Waals surface area (Å²) in [6.45, 7) is -0.129. The molecule has 0 bridgehead atoms. The van der Waals surface area contributed by atoms with Crippen molar-refractivity contribution in [2.24, 2.45) is 5.10 Å². The van der Waals surface area contributed by atoms with Crippen LogP contribution in [-0.2, 0) is 4.74 Å². The van der Waals surface area contributed by atoms with Crippen molar-refractivity contribution in [1.29, 1.82) is 0 Å². The number of cyclic esters (lactones) is 1. The smallest absolute Gasteiger partial charge is 0.411 e. The first-order chi connectivity index (χ1) is 9.24. The average Bonchev–Trinajstić information content (AvgIpc) is 2.92. The van der Waals surface area contributed by atoms with Crippen LogP contribution >= 0.6 is 0 Å². The molecule has 1 aromatic rings. The molecule has 2 atom stereocenters. The van der Waals surface area contributed by atoms with Gasteiger partial charge in [-0.15, -0.1) is 0 Å². The van der Waals surface area contributed by atoms with E-state index in [1.54, 1.807) is 12.4 Å². The lowest BCUT2D eigenvalue weighted by molar-refractivity contribution is 0.0109. The molecule has 1 N–H and O–H groups in total. The van der Waals surface area contributed by atoms with Crippen LogP contribution in [0.25, 0.3) is 0 Å². The molecule has 2 aliphatic heterocycles. The van der Waals surface area contributed by atoms with Crippen molar-refractivity contribution >= 4 is 11.8 Å². The van der Waals surface area contributed by atoms with Crippen LogP contribution in [0, 0.1) is 0 Å². The molecular weight excluding hydrogens is 251 g/mol. The first-order valence-corrected chi connectivity index (χ1v) is 6.04. The van der Waals surface area contributed by atoms with Gasteiger partial charge in [-0.1, -0.05) is 0 Å². The van der Waals surface area contributed by atoms with E-state index in [0.29, 0.717) is 6.42 Å². The zero-order valence-electron chi connectivity index (χ0n) is 10.1. The molecule has 0 radical (unpaired) electrons. The van der Waals surface area contributed by atoms with Crippen molar-refractivity contribution < 1.29 is 13.9 Å². The summed E-state index contributed by atoms with van der Waals surface area (Å²) < 4.78 is 18.1. The Balaban J connectivity index is 1.69. The highest BCUT2D eigenvalue weighted by Crippen LogP contribution is 2.18. The average molecular weight is 264 g/mol. The molecule has 1 amide bonds. The quantitative estimate of drug-likeness (QED) is 0.861. The van der Waals surface area contributed by atoms with Crippen LogP contribution in [0.1, 0.15) is 12.0 Å². The molecule has 1 fully saturated rings. The van der Waals surface area contributed by atoms with Crippen LogP contribution in [0.5, 0.6) is 0 Å². The summed E-state index contributed by atoms with van der Waals surface area (Å²) in [5, 5.41) is 4.19. The first kappa shape index (κ1) is 11.9. The molecule has 19 heavy (non-hydrogen) atoms. The Labute approximate surface area is 109 Å². The van der Waals surface area contributed by atoms with Gasteiger partial charge >= 0.3 is 6.09 Å². The lowest BCUT2D eigenvalue weighted by Crippen LogP contribution is -2.52.